The molecule has 1 aromatic heterocycles. The lowest BCUT2D eigenvalue weighted by molar-refractivity contribution is -0.137. The Morgan fingerprint density at radius 3 is 2.50 bits per heavy atom. The molecular weight excluding hydrogens is 254 g/mol. The predicted molar refractivity (Wildman–Crippen MR) is 76.1 cm³/mol. The molecule has 0 spiro atoms. The Hall–Kier alpha value is -2.17. The summed E-state index contributed by atoms with van der Waals surface area (Å²) in [5.41, 5.74) is 2.22. The Labute approximate surface area is 118 Å². The molecule has 2 aromatic rings. The molecule has 2 rings (SSSR count). The third-order valence-electron chi connectivity index (χ3n) is 3.18. The SMILES string of the molecule is Cc1nc(CCC(=O)O)nn1-c1ccc(C(C)C)cc1. The Morgan fingerprint density at radius 1 is 1.30 bits per heavy atom. The summed E-state index contributed by atoms with van der Waals surface area (Å²) in [4.78, 5) is 14.9. The number of carbonyl (C=O) groups is 1. The average molecular weight is 273 g/mol. The highest BCUT2D eigenvalue weighted by molar-refractivity contribution is 5.66. The van der Waals surface area contributed by atoms with Gasteiger partial charge in [0.25, 0.3) is 0 Å². The van der Waals surface area contributed by atoms with Crippen molar-refractivity contribution in [3.05, 3.63) is 41.5 Å². The second kappa shape index (κ2) is 5.86. The summed E-state index contributed by atoms with van der Waals surface area (Å²) in [6, 6.07) is 8.19. The molecule has 0 radical (unpaired) electrons. The summed E-state index contributed by atoms with van der Waals surface area (Å²) in [5.74, 6) is 0.993. The van der Waals surface area contributed by atoms with E-state index in [9.17, 15) is 4.79 Å². The minimum absolute atomic E-state index is 0.0513. The average Bonchev–Trinajstić information content (AvgIpc) is 2.78. The van der Waals surface area contributed by atoms with E-state index >= 15 is 0 Å². The summed E-state index contributed by atoms with van der Waals surface area (Å²) >= 11 is 0. The van der Waals surface area contributed by atoms with Gasteiger partial charge in [0.2, 0.25) is 0 Å². The van der Waals surface area contributed by atoms with Gasteiger partial charge in [0.05, 0.1) is 12.1 Å². The van der Waals surface area contributed by atoms with E-state index in [2.05, 4.69) is 36.1 Å². The van der Waals surface area contributed by atoms with Crippen LogP contribution in [-0.2, 0) is 11.2 Å². The maximum atomic E-state index is 10.6. The van der Waals surface area contributed by atoms with E-state index in [0.717, 1.165) is 11.5 Å². The van der Waals surface area contributed by atoms with Gasteiger partial charge in [-0.1, -0.05) is 26.0 Å². The van der Waals surface area contributed by atoms with Gasteiger partial charge in [-0.2, -0.15) is 5.10 Å². The molecule has 1 N–H and O–H groups in total. The number of rotatable bonds is 5. The number of benzene rings is 1. The molecule has 0 unspecified atom stereocenters. The summed E-state index contributed by atoms with van der Waals surface area (Å²) in [6.45, 7) is 6.17. The molecule has 0 bridgehead atoms. The minimum Gasteiger partial charge on any atom is -0.481 e. The largest absolute Gasteiger partial charge is 0.481 e. The van der Waals surface area contributed by atoms with E-state index in [1.54, 1.807) is 4.68 Å². The van der Waals surface area contributed by atoms with Crippen molar-refractivity contribution in [1.82, 2.24) is 14.8 Å². The molecule has 1 heterocycles. The zero-order valence-corrected chi connectivity index (χ0v) is 12.0. The lowest BCUT2D eigenvalue weighted by atomic mass is 10.0. The normalized spacial score (nSPS) is 11.0. The monoisotopic (exact) mass is 273 g/mol. The molecule has 5 nitrogen and oxygen atoms in total. The Morgan fingerprint density at radius 2 is 1.95 bits per heavy atom. The number of aromatic nitrogens is 3. The molecular formula is C15H19N3O2. The van der Waals surface area contributed by atoms with Crippen LogP contribution in [0.5, 0.6) is 0 Å². The predicted octanol–water partition coefficient (Wildman–Crippen LogP) is 2.72. The van der Waals surface area contributed by atoms with Crippen LogP contribution in [0, 0.1) is 6.92 Å². The molecule has 5 heteroatoms. The van der Waals surface area contributed by atoms with Crippen molar-refractivity contribution in [3.8, 4) is 5.69 Å². The van der Waals surface area contributed by atoms with Gasteiger partial charge < -0.3 is 5.11 Å². The van der Waals surface area contributed by atoms with Crippen molar-refractivity contribution in [2.75, 3.05) is 0 Å². The second-order valence-corrected chi connectivity index (χ2v) is 5.13. The van der Waals surface area contributed by atoms with E-state index in [4.69, 9.17) is 5.11 Å². The van der Waals surface area contributed by atoms with E-state index in [-0.39, 0.29) is 6.42 Å². The van der Waals surface area contributed by atoms with Crippen LogP contribution in [-0.4, -0.2) is 25.8 Å². The van der Waals surface area contributed by atoms with Crippen molar-refractivity contribution in [3.63, 3.8) is 0 Å². The van der Waals surface area contributed by atoms with E-state index in [1.165, 1.54) is 5.56 Å². The summed E-state index contributed by atoms with van der Waals surface area (Å²) in [7, 11) is 0. The molecule has 0 saturated heterocycles. The molecule has 0 saturated carbocycles. The Balaban J connectivity index is 2.21. The zero-order valence-electron chi connectivity index (χ0n) is 12.0. The molecule has 0 fully saturated rings. The smallest absolute Gasteiger partial charge is 0.303 e. The zero-order chi connectivity index (χ0) is 14.7. The first-order valence-electron chi connectivity index (χ1n) is 6.72. The highest BCUT2D eigenvalue weighted by Crippen LogP contribution is 2.17. The molecule has 0 aliphatic heterocycles. The fourth-order valence-electron chi connectivity index (χ4n) is 2.01. The van der Waals surface area contributed by atoms with Gasteiger partial charge in [-0.25, -0.2) is 9.67 Å². The first kappa shape index (κ1) is 14.2. The van der Waals surface area contributed by atoms with Crippen molar-refractivity contribution in [2.24, 2.45) is 0 Å². The lowest BCUT2D eigenvalue weighted by Gasteiger charge is -2.07. The molecule has 1 aromatic carbocycles. The van der Waals surface area contributed by atoms with E-state index in [1.807, 2.05) is 19.1 Å². The quantitative estimate of drug-likeness (QED) is 0.909. The van der Waals surface area contributed by atoms with Crippen molar-refractivity contribution in [2.45, 2.75) is 39.5 Å². The van der Waals surface area contributed by atoms with Gasteiger partial charge in [-0.05, 0) is 30.5 Å². The van der Waals surface area contributed by atoms with Crippen molar-refractivity contribution >= 4 is 5.97 Å². The lowest BCUT2D eigenvalue weighted by Crippen LogP contribution is -2.01. The highest BCUT2D eigenvalue weighted by Gasteiger charge is 2.10. The summed E-state index contributed by atoms with van der Waals surface area (Å²) in [5, 5.41) is 13.1. The van der Waals surface area contributed by atoms with Gasteiger partial charge in [0.1, 0.15) is 5.82 Å². The molecule has 0 aliphatic carbocycles. The van der Waals surface area contributed by atoms with Crippen LogP contribution in [0.25, 0.3) is 5.69 Å². The number of carboxylic acid groups (broad SMARTS) is 1. The van der Waals surface area contributed by atoms with E-state index < -0.39 is 5.97 Å². The number of aliphatic carboxylic acids is 1. The minimum atomic E-state index is -0.833. The third-order valence-corrected chi connectivity index (χ3v) is 3.18. The number of nitrogens with zero attached hydrogens (tertiary/aromatic N) is 3. The standard InChI is InChI=1S/C15H19N3O2/c1-10(2)12-4-6-13(7-5-12)18-11(3)16-14(17-18)8-9-15(19)20/h4-7,10H,8-9H2,1-3H3,(H,19,20). The fraction of sp³-hybridized carbons (Fsp3) is 0.400. The van der Waals surface area contributed by atoms with Gasteiger partial charge in [-0.15, -0.1) is 0 Å². The Bertz CT molecular complexity index is 600. The Kier molecular flexibility index (Phi) is 4.17. The van der Waals surface area contributed by atoms with Crippen LogP contribution < -0.4 is 0 Å². The fourth-order valence-corrected chi connectivity index (χ4v) is 2.01. The molecule has 106 valence electrons. The van der Waals surface area contributed by atoms with Crippen molar-refractivity contribution in [1.29, 1.82) is 0 Å². The number of hydrogen-bond acceptors (Lipinski definition) is 3. The molecule has 20 heavy (non-hydrogen) atoms. The van der Waals surface area contributed by atoms with Gasteiger partial charge in [0.15, 0.2) is 5.82 Å². The van der Waals surface area contributed by atoms with E-state index in [0.29, 0.717) is 18.2 Å². The van der Waals surface area contributed by atoms with Crippen molar-refractivity contribution < 1.29 is 9.90 Å². The van der Waals surface area contributed by atoms with Crippen LogP contribution in [0.4, 0.5) is 0 Å². The summed E-state index contributed by atoms with van der Waals surface area (Å²) in [6.07, 6.45) is 0.406. The second-order valence-electron chi connectivity index (χ2n) is 5.13. The van der Waals surface area contributed by atoms with Crippen LogP contribution >= 0.6 is 0 Å². The summed E-state index contributed by atoms with van der Waals surface area (Å²) < 4.78 is 1.75. The molecule has 0 atom stereocenters. The maximum Gasteiger partial charge on any atom is 0.303 e. The van der Waals surface area contributed by atoms with Crippen LogP contribution in [0.1, 0.15) is 43.4 Å². The number of hydrogen-bond donors (Lipinski definition) is 1. The van der Waals surface area contributed by atoms with Crippen LogP contribution in [0.3, 0.4) is 0 Å². The van der Waals surface area contributed by atoms with Gasteiger partial charge in [0, 0.05) is 6.42 Å². The first-order valence-corrected chi connectivity index (χ1v) is 6.72. The number of carboxylic acids is 1. The van der Waals surface area contributed by atoms with Crippen LogP contribution in [0.2, 0.25) is 0 Å². The van der Waals surface area contributed by atoms with Gasteiger partial charge in [-0.3, -0.25) is 4.79 Å². The molecule has 0 aliphatic rings. The van der Waals surface area contributed by atoms with Gasteiger partial charge >= 0.3 is 5.97 Å². The molecule has 0 amide bonds. The third kappa shape index (κ3) is 3.23. The number of aryl methyl sites for hydroxylation is 2. The first-order chi connectivity index (χ1) is 9.47. The van der Waals surface area contributed by atoms with Crippen LogP contribution in [0.15, 0.2) is 24.3 Å². The maximum absolute atomic E-state index is 10.6. The highest BCUT2D eigenvalue weighted by atomic mass is 16.4. The topological polar surface area (TPSA) is 68.0 Å².